The van der Waals surface area contributed by atoms with Gasteiger partial charge in [-0.3, -0.25) is 4.79 Å². The molecule has 5 aromatic rings. The number of fused-ring (bicyclic) bond motifs is 2. The second-order valence-electron chi connectivity index (χ2n) is 10.1. The van der Waals surface area contributed by atoms with E-state index in [1.165, 1.54) is 22.5 Å². The number of benzene rings is 3. The summed E-state index contributed by atoms with van der Waals surface area (Å²) >= 11 is 8.03. The van der Waals surface area contributed by atoms with Crippen molar-refractivity contribution in [2.75, 3.05) is 6.61 Å². The number of nitrogens with zero attached hydrogens (tertiary/aromatic N) is 3. The molecule has 0 saturated heterocycles. The fraction of sp³-hybridized carbons (Fsp3) is 0.250. The number of halogens is 1. The Morgan fingerprint density at radius 2 is 2.02 bits per heavy atom. The molecular formula is C32H29ClN4O4S. The quantitative estimate of drug-likeness (QED) is 0.190. The van der Waals surface area contributed by atoms with Crippen molar-refractivity contribution in [3.63, 3.8) is 0 Å². The molecule has 8 nitrogen and oxygen atoms in total. The second-order valence-corrected chi connectivity index (χ2v) is 11.3. The summed E-state index contributed by atoms with van der Waals surface area (Å²) in [7, 11) is 0. The minimum Gasteiger partial charge on any atom is -0.474 e. The number of hydrogen-bond donors (Lipinski definition) is 1. The van der Waals surface area contributed by atoms with Crippen LogP contribution in [-0.4, -0.2) is 33.5 Å². The van der Waals surface area contributed by atoms with E-state index < -0.39 is 12.1 Å². The van der Waals surface area contributed by atoms with E-state index in [0.29, 0.717) is 28.4 Å². The van der Waals surface area contributed by atoms with Crippen molar-refractivity contribution in [1.29, 1.82) is 0 Å². The number of esters is 1. The van der Waals surface area contributed by atoms with Crippen molar-refractivity contribution in [3.05, 3.63) is 110 Å². The van der Waals surface area contributed by atoms with Gasteiger partial charge >= 0.3 is 5.97 Å². The molecule has 10 heteroatoms. The monoisotopic (exact) mass is 600 g/mol. The Morgan fingerprint density at radius 3 is 2.86 bits per heavy atom. The van der Waals surface area contributed by atoms with Gasteiger partial charge in [-0.25, -0.2) is 9.48 Å². The third-order valence-corrected chi connectivity index (χ3v) is 8.46. The molecule has 0 spiro atoms. The molecule has 42 heavy (non-hydrogen) atoms. The number of nitrogens with one attached hydrogen (secondary N) is 1. The molecule has 1 amide bonds. The van der Waals surface area contributed by atoms with Gasteiger partial charge in [-0.1, -0.05) is 41.1 Å². The highest BCUT2D eigenvalue weighted by molar-refractivity contribution is 7.08. The molecule has 6 rings (SSSR count). The molecule has 0 saturated carbocycles. The average Bonchev–Trinajstić information content (AvgIpc) is 3.68. The van der Waals surface area contributed by atoms with E-state index in [0.717, 1.165) is 35.9 Å². The Bertz CT molecular complexity index is 1740. The predicted molar refractivity (Wildman–Crippen MR) is 162 cm³/mol. The first kappa shape index (κ1) is 27.9. The summed E-state index contributed by atoms with van der Waals surface area (Å²) in [4.78, 5) is 25.8. The van der Waals surface area contributed by atoms with Crippen LogP contribution >= 0.6 is 22.9 Å². The molecule has 1 N–H and O–H groups in total. The number of thiophene rings is 1. The van der Waals surface area contributed by atoms with Crippen molar-refractivity contribution in [3.8, 4) is 5.75 Å². The number of aryl methyl sites for hydroxylation is 1. The summed E-state index contributed by atoms with van der Waals surface area (Å²) in [6, 6.07) is 20.8. The highest BCUT2D eigenvalue weighted by Gasteiger charge is 2.25. The summed E-state index contributed by atoms with van der Waals surface area (Å²) in [5.41, 5.74) is 5.86. The van der Waals surface area contributed by atoms with Gasteiger partial charge < -0.3 is 14.8 Å². The summed E-state index contributed by atoms with van der Waals surface area (Å²) in [6.45, 7) is 2.34. The zero-order valence-corrected chi connectivity index (χ0v) is 24.5. The van der Waals surface area contributed by atoms with Crippen LogP contribution in [0.5, 0.6) is 5.75 Å². The van der Waals surface area contributed by atoms with Crippen molar-refractivity contribution in [2.24, 2.45) is 0 Å². The van der Waals surface area contributed by atoms with E-state index >= 15 is 0 Å². The van der Waals surface area contributed by atoms with Gasteiger partial charge in [0.15, 0.2) is 0 Å². The molecule has 1 aliphatic carbocycles. The standard InChI is InChI=1S/C32H29ClN4O4S/c1-2-40-32(39)30(22-14-15-42-19-22)41-24-11-12-26(33)23(16-24)18-37-29-13-10-21(17-28(29)35-36-37)31(38)34-27-9-5-7-20-6-3-4-8-25(20)27/h3-4,6,8,10-17,19,27,30H,2,5,7,9,18H2,1H3,(H,34,38). The lowest BCUT2D eigenvalue weighted by molar-refractivity contribution is -0.151. The Morgan fingerprint density at radius 1 is 1.14 bits per heavy atom. The Hall–Kier alpha value is -4.21. The molecule has 0 fully saturated rings. The number of hydrogen-bond acceptors (Lipinski definition) is 7. The van der Waals surface area contributed by atoms with Gasteiger partial charge in [0.05, 0.1) is 24.7 Å². The highest BCUT2D eigenvalue weighted by Crippen LogP contribution is 2.31. The molecule has 2 unspecified atom stereocenters. The van der Waals surface area contributed by atoms with Crippen LogP contribution in [0.15, 0.2) is 77.5 Å². The summed E-state index contributed by atoms with van der Waals surface area (Å²) in [5, 5.41) is 16.1. The van der Waals surface area contributed by atoms with E-state index in [9.17, 15) is 9.59 Å². The maximum Gasteiger partial charge on any atom is 0.352 e. The number of carbonyl (C=O) groups is 2. The molecular weight excluding hydrogens is 572 g/mol. The topological polar surface area (TPSA) is 95.3 Å². The summed E-state index contributed by atoms with van der Waals surface area (Å²) in [6.07, 6.45) is 2.11. The maximum absolute atomic E-state index is 13.2. The number of ether oxygens (including phenoxy) is 2. The minimum atomic E-state index is -0.885. The van der Waals surface area contributed by atoms with Gasteiger partial charge in [-0.2, -0.15) is 11.3 Å². The van der Waals surface area contributed by atoms with E-state index in [-0.39, 0.29) is 18.6 Å². The van der Waals surface area contributed by atoms with Crippen molar-refractivity contribution >= 4 is 45.8 Å². The Labute approximate surface area is 252 Å². The van der Waals surface area contributed by atoms with Crippen LogP contribution in [-0.2, 0) is 22.5 Å². The van der Waals surface area contributed by atoms with Gasteiger partial charge in [-0.15, -0.1) is 5.10 Å². The van der Waals surface area contributed by atoms with Crippen LogP contribution < -0.4 is 10.1 Å². The zero-order valence-electron chi connectivity index (χ0n) is 23.0. The van der Waals surface area contributed by atoms with Gasteiger partial charge in [0, 0.05) is 16.1 Å². The normalized spacial score (nSPS) is 15.1. The molecule has 0 aliphatic heterocycles. The second kappa shape index (κ2) is 12.3. The Balaban J connectivity index is 1.19. The molecule has 214 valence electrons. The van der Waals surface area contributed by atoms with Crippen molar-refractivity contribution in [1.82, 2.24) is 20.3 Å². The minimum absolute atomic E-state index is 0.00590. The van der Waals surface area contributed by atoms with Crippen LogP contribution in [0, 0.1) is 0 Å². The van der Waals surface area contributed by atoms with Gasteiger partial charge in [-0.05, 0) is 96.1 Å². The van der Waals surface area contributed by atoms with Crippen molar-refractivity contribution in [2.45, 2.75) is 44.9 Å². The lowest BCUT2D eigenvalue weighted by Gasteiger charge is -2.26. The van der Waals surface area contributed by atoms with E-state index in [4.69, 9.17) is 21.1 Å². The first-order valence-electron chi connectivity index (χ1n) is 13.9. The van der Waals surface area contributed by atoms with Gasteiger partial charge in [0.25, 0.3) is 5.91 Å². The number of aromatic nitrogens is 3. The van der Waals surface area contributed by atoms with Crippen LogP contribution in [0.3, 0.4) is 0 Å². The molecule has 0 radical (unpaired) electrons. The third-order valence-electron chi connectivity index (χ3n) is 7.39. The lowest BCUT2D eigenvalue weighted by atomic mass is 9.87. The summed E-state index contributed by atoms with van der Waals surface area (Å²) in [5.74, 6) is -0.114. The molecule has 2 aromatic heterocycles. The SMILES string of the molecule is CCOC(=O)C(Oc1ccc(Cl)c(Cn2nnc3cc(C(=O)NC4CCCc5ccccc54)ccc32)c1)c1ccsc1. The molecule has 0 bridgehead atoms. The van der Waals surface area contributed by atoms with Gasteiger partial charge in [0.1, 0.15) is 11.3 Å². The number of carbonyl (C=O) groups excluding carboxylic acids is 2. The smallest absolute Gasteiger partial charge is 0.352 e. The molecule has 2 heterocycles. The third kappa shape index (κ3) is 5.89. The number of rotatable bonds is 9. The number of amides is 1. The van der Waals surface area contributed by atoms with E-state index in [2.05, 4.69) is 27.8 Å². The first-order chi connectivity index (χ1) is 20.5. The fourth-order valence-electron chi connectivity index (χ4n) is 5.31. The highest BCUT2D eigenvalue weighted by atomic mass is 35.5. The van der Waals surface area contributed by atoms with Gasteiger partial charge in [0.2, 0.25) is 6.10 Å². The van der Waals surface area contributed by atoms with Crippen LogP contribution in [0.2, 0.25) is 5.02 Å². The van der Waals surface area contributed by atoms with Crippen LogP contribution in [0.4, 0.5) is 0 Å². The Kier molecular flexibility index (Phi) is 8.21. The van der Waals surface area contributed by atoms with Crippen LogP contribution in [0.1, 0.15) is 64.5 Å². The van der Waals surface area contributed by atoms with E-state index in [1.54, 1.807) is 41.9 Å². The fourth-order valence-corrected chi connectivity index (χ4v) is 6.16. The average molecular weight is 601 g/mol. The molecule has 3 aromatic carbocycles. The lowest BCUT2D eigenvalue weighted by Crippen LogP contribution is -2.30. The zero-order chi connectivity index (χ0) is 29.1. The molecule has 1 aliphatic rings. The maximum atomic E-state index is 13.2. The summed E-state index contributed by atoms with van der Waals surface area (Å²) < 4.78 is 13.0. The van der Waals surface area contributed by atoms with Crippen LogP contribution in [0.25, 0.3) is 11.0 Å². The molecule has 2 atom stereocenters. The van der Waals surface area contributed by atoms with Crippen molar-refractivity contribution < 1.29 is 19.1 Å². The van der Waals surface area contributed by atoms with E-state index in [1.807, 2.05) is 35.0 Å². The first-order valence-corrected chi connectivity index (χ1v) is 15.2. The predicted octanol–water partition coefficient (Wildman–Crippen LogP) is 6.69. The largest absolute Gasteiger partial charge is 0.474 e.